The molecule has 0 radical (unpaired) electrons. The van der Waals surface area contributed by atoms with E-state index in [4.69, 9.17) is 4.42 Å². The lowest BCUT2D eigenvalue weighted by Gasteiger charge is -2.05. The molecule has 7 nitrogen and oxygen atoms in total. The maximum Gasteiger partial charge on any atom is 0.224 e. The van der Waals surface area contributed by atoms with Crippen molar-refractivity contribution in [3.05, 3.63) is 54.6 Å². The second-order valence-electron chi connectivity index (χ2n) is 5.79. The van der Waals surface area contributed by atoms with Crippen molar-refractivity contribution in [1.82, 2.24) is 19.7 Å². The lowest BCUT2D eigenvalue weighted by molar-refractivity contribution is -0.116. The number of amides is 1. The van der Waals surface area contributed by atoms with E-state index in [1.165, 1.54) is 0 Å². The van der Waals surface area contributed by atoms with Crippen molar-refractivity contribution in [2.75, 3.05) is 5.32 Å². The molecule has 1 aromatic carbocycles. The Bertz CT molecular complexity index is 1010. The summed E-state index contributed by atoms with van der Waals surface area (Å²) in [6.45, 7) is 0. The van der Waals surface area contributed by atoms with Crippen molar-refractivity contribution < 1.29 is 9.21 Å². The largest absolute Gasteiger partial charge is 0.461 e. The Kier molecular flexibility index (Phi) is 3.81. The number of hydrogen-bond donors (Lipinski definition) is 2. The third kappa shape index (κ3) is 3.16. The fourth-order valence-corrected chi connectivity index (χ4v) is 2.73. The van der Waals surface area contributed by atoms with Crippen LogP contribution < -0.4 is 5.32 Å². The number of aromatic amines is 1. The van der Waals surface area contributed by atoms with Gasteiger partial charge in [0.25, 0.3) is 0 Å². The number of carbonyl (C=O) groups is 1. The van der Waals surface area contributed by atoms with Crippen LogP contribution >= 0.6 is 0 Å². The number of furan rings is 1. The number of hydrogen-bond acceptors (Lipinski definition) is 4. The second-order valence-corrected chi connectivity index (χ2v) is 5.79. The number of fused-ring (bicyclic) bond motifs is 1. The summed E-state index contributed by atoms with van der Waals surface area (Å²) in [5, 5.41) is 7.02. The smallest absolute Gasteiger partial charge is 0.224 e. The average molecular weight is 335 g/mol. The summed E-state index contributed by atoms with van der Waals surface area (Å²) < 4.78 is 7.13. The third-order valence-corrected chi connectivity index (χ3v) is 4.05. The second kappa shape index (κ2) is 6.27. The van der Waals surface area contributed by atoms with Gasteiger partial charge < -0.3 is 14.7 Å². The van der Waals surface area contributed by atoms with Crippen LogP contribution in [-0.4, -0.2) is 25.7 Å². The summed E-state index contributed by atoms with van der Waals surface area (Å²) in [6.07, 6.45) is 4.39. The van der Waals surface area contributed by atoms with Crippen LogP contribution in [0.5, 0.6) is 0 Å². The van der Waals surface area contributed by atoms with Crippen molar-refractivity contribution in [3.63, 3.8) is 0 Å². The Morgan fingerprint density at radius 2 is 2.24 bits per heavy atom. The molecule has 0 fully saturated rings. The molecule has 0 aliphatic rings. The van der Waals surface area contributed by atoms with Crippen LogP contribution in [0, 0.1) is 0 Å². The van der Waals surface area contributed by atoms with Crippen LogP contribution in [0.1, 0.15) is 12.1 Å². The van der Waals surface area contributed by atoms with E-state index in [2.05, 4.69) is 20.4 Å². The summed E-state index contributed by atoms with van der Waals surface area (Å²) in [4.78, 5) is 19.9. The SMILES string of the molecule is Cn1nccc1CCC(=O)Nc1ccc2nc(-c3ccco3)[nH]c2c1. The molecule has 0 atom stereocenters. The third-order valence-electron chi connectivity index (χ3n) is 4.05. The number of anilines is 1. The first-order chi connectivity index (χ1) is 12.2. The summed E-state index contributed by atoms with van der Waals surface area (Å²) in [5.41, 5.74) is 3.43. The molecular formula is C18H17N5O2. The summed E-state index contributed by atoms with van der Waals surface area (Å²) in [6, 6.07) is 11.2. The molecule has 0 aliphatic carbocycles. The average Bonchev–Trinajstić information content (AvgIpc) is 3.33. The summed E-state index contributed by atoms with van der Waals surface area (Å²) in [7, 11) is 1.87. The van der Waals surface area contributed by atoms with Gasteiger partial charge in [-0.15, -0.1) is 0 Å². The molecule has 0 spiro atoms. The molecule has 4 rings (SSSR count). The Labute approximate surface area is 143 Å². The number of nitrogens with zero attached hydrogens (tertiary/aromatic N) is 3. The highest BCUT2D eigenvalue weighted by Gasteiger charge is 2.10. The predicted molar refractivity (Wildman–Crippen MR) is 94.0 cm³/mol. The van der Waals surface area contributed by atoms with E-state index < -0.39 is 0 Å². The quantitative estimate of drug-likeness (QED) is 0.586. The Morgan fingerprint density at radius 3 is 3.00 bits per heavy atom. The molecule has 126 valence electrons. The first-order valence-corrected chi connectivity index (χ1v) is 7.99. The van der Waals surface area contributed by atoms with Crippen LogP contribution in [0.25, 0.3) is 22.6 Å². The number of H-pyrrole nitrogens is 1. The lowest BCUT2D eigenvalue weighted by atomic mass is 10.2. The van der Waals surface area contributed by atoms with Gasteiger partial charge in [0.15, 0.2) is 11.6 Å². The molecule has 0 saturated heterocycles. The number of rotatable bonds is 5. The van der Waals surface area contributed by atoms with Crippen molar-refractivity contribution in [2.24, 2.45) is 7.05 Å². The Hall–Kier alpha value is -3.35. The van der Waals surface area contributed by atoms with E-state index in [1.54, 1.807) is 17.1 Å². The number of benzene rings is 1. The van der Waals surface area contributed by atoms with Crippen molar-refractivity contribution in [1.29, 1.82) is 0 Å². The number of aryl methyl sites for hydroxylation is 2. The van der Waals surface area contributed by atoms with Crippen LogP contribution in [0.15, 0.2) is 53.3 Å². The van der Waals surface area contributed by atoms with Gasteiger partial charge in [-0.1, -0.05) is 0 Å². The van der Waals surface area contributed by atoms with Gasteiger partial charge in [-0.2, -0.15) is 5.10 Å². The molecule has 3 aromatic heterocycles. The van der Waals surface area contributed by atoms with Gasteiger partial charge in [0, 0.05) is 31.0 Å². The first-order valence-electron chi connectivity index (χ1n) is 7.99. The van der Waals surface area contributed by atoms with Crippen molar-refractivity contribution >= 4 is 22.6 Å². The van der Waals surface area contributed by atoms with E-state index in [-0.39, 0.29) is 5.91 Å². The molecule has 7 heteroatoms. The van der Waals surface area contributed by atoms with E-state index >= 15 is 0 Å². The van der Waals surface area contributed by atoms with E-state index in [1.807, 2.05) is 43.4 Å². The van der Waals surface area contributed by atoms with E-state index in [0.29, 0.717) is 24.4 Å². The zero-order chi connectivity index (χ0) is 17.2. The van der Waals surface area contributed by atoms with Crippen LogP contribution in [0.3, 0.4) is 0 Å². The van der Waals surface area contributed by atoms with Crippen LogP contribution in [0.2, 0.25) is 0 Å². The van der Waals surface area contributed by atoms with Gasteiger partial charge in [0.1, 0.15) is 0 Å². The minimum Gasteiger partial charge on any atom is -0.461 e. The summed E-state index contributed by atoms with van der Waals surface area (Å²) >= 11 is 0. The number of carbonyl (C=O) groups excluding carboxylic acids is 1. The normalized spacial score (nSPS) is 11.1. The number of imidazole rings is 1. The number of aromatic nitrogens is 4. The Morgan fingerprint density at radius 1 is 1.32 bits per heavy atom. The minimum absolute atomic E-state index is 0.0358. The molecule has 2 N–H and O–H groups in total. The molecule has 0 saturated carbocycles. The highest BCUT2D eigenvalue weighted by atomic mass is 16.3. The molecular weight excluding hydrogens is 318 g/mol. The van der Waals surface area contributed by atoms with Gasteiger partial charge in [-0.3, -0.25) is 9.48 Å². The van der Waals surface area contributed by atoms with Crippen LogP contribution in [-0.2, 0) is 18.3 Å². The number of nitrogens with one attached hydrogen (secondary N) is 2. The monoisotopic (exact) mass is 335 g/mol. The standard InChI is InChI=1S/C18H17N5O2/c1-23-13(8-9-19-23)5-7-17(24)20-12-4-6-14-15(11-12)22-18(21-14)16-3-2-10-25-16/h2-4,6,8-11H,5,7H2,1H3,(H,20,24)(H,21,22). The van der Waals surface area contributed by atoms with Gasteiger partial charge >= 0.3 is 0 Å². The first kappa shape index (κ1) is 15.2. The van der Waals surface area contributed by atoms with E-state index in [9.17, 15) is 4.79 Å². The highest BCUT2D eigenvalue weighted by Crippen LogP contribution is 2.23. The Balaban J connectivity index is 1.46. The molecule has 25 heavy (non-hydrogen) atoms. The molecule has 1 amide bonds. The molecule has 0 aliphatic heterocycles. The lowest BCUT2D eigenvalue weighted by Crippen LogP contribution is -2.13. The molecule has 4 aromatic rings. The summed E-state index contributed by atoms with van der Waals surface area (Å²) in [5.74, 6) is 1.31. The molecule has 3 heterocycles. The zero-order valence-corrected chi connectivity index (χ0v) is 13.7. The predicted octanol–water partition coefficient (Wildman–Crippen LogP) is 3.13. The highest BCUT2D eigenvalue weighted by molar-refractivity contribution is 5.93. The fraction of sp³-hybridized carbons (Fsp3) is 0.167. The van der Waals surface area contributed by atoms with Crippen LogP contribution in [0.4, 0.5) is 5.69 Å². The maximum absolute atomic E-state index is 12.2. The maximum atomic E-state index is 12.2. The molecule has 0 bridgehead atoms. The van der Waals surface area contributed by atoms with E-state index in [0.717, 1.165) is 22.4 Å². The van der Waals surface area contributed by atoms with Gasteiger partial charge in [0.2, 0.25) is 5.91 Å². The van der Waals surface area contributed by atoms with Crippen molar-refractivity contribution in [2.45, 2.75) is 12.8 Å². The van der Waals surface area contributed by atoms with Gasteiger partial charge in [0.05, 0.1) is 17.3 Å². The van der Waals surface area contributed by atoms with Crippen molar-refractivity contribution in [3.8, 4) is 11.6 Å². The molecule has 0 unspecified atom stereocenters. The fourth-order valence-electron chi connectivity index (χ4n) is 2.73. The topological polar surface area (TPSA) is 88.7 Å². The van der Waals surface area contributed by atoms with Gasteiger partial charge in [-0.05, 0) is 42.8 Å². The minimum atomic E-state index is -0.0358. The zero-order valence-electron chi connectivity index (χ0n) is 13.7. The van der Waals surface area contributed by atoms with Gasteiger partial charge in [-0.25, -0.2) is 4.98 Å².